The van der Waals surface area contributed by atoms with Crippen molar-refractivity contribution in [3.05, 3.63) is 54.1 Å². The van der Waals surface area contributed by atoms with Crippen LogP contribution in [0.5, 0.6) is 0 Å². The summed E-state index contributed by atoms with van der Waals surface area (Å²) in [6.07, 6.45) is 0. The lowest BCUT2D eigenvalue weighted by atomic mass is 10.2. The molecule has 0 aliphatic carbocycles. The van der Waals surface area contributed by atoms with Gasteiger partial charge in [-0.2, -0.15) is 0 Å². The van der Waals surface area contributed by atoms with E-state index in [2.05, 4.69) is 79.5 Å². The first-order chi connectivity index (χ1) is 10.1. The van der Waals surface area contributed by atoms with E-state index in [1.165, 1.54) is 21.9 Å². The van der Waals surface area contributed by atoms with Crippen LogP contribution in [0.4, 0.5) is 5.69 Å². The molecule has 0 aliphatic heterocycles. The second-order valence-corrected chi connectivity index (χ2v) is 6.90. The summed E-state index contributed by atoms with van der Waals surface area (Å²) in [4.78, 5) is 2.18. The van der Waals surface area contributed by atoms with Gasteiger partial charge in [-0.3, -0.25) is 5.09 Å². The Labute approximate surface area is 131 Å². The molecule has 0 spiro atoms. The molecule has 1 unspecified atom stereocenters. The Kier molecular flexibility index (Phi) is 7.42. The minimum atomic E-state index is -0.510. The summed E-state index contributed by atoms with van der Waals surface area (Å²) >= 11 is 0. The molecule has 0 aromatic heterocycles. The molecule has 2 aromatic rings. The highest BCUT2D eigenvalue weighted by molar-refractivity contribution is 7.71. The molecular formula is C18H27N2P. The van der Waals surface area contributed by atoms with E-state index in [1.54, 1.807) is 0 Å². The molecule has 1 atom stereocenters. The van der Waals surface area contributed by atoms with Crippen LogP contribution in [0, 0.1) is 6.92 Å². The molecule has 1 N–H and O–H groups in total. The van der Waals surface area contributed by atoms with Gasteiger partial charge in [0, 0.05) is 33.2 Å². The Hall–Kier alpha value is -1.37. The molecule has 21 heavy (non-hydrogen) atoms. The van der Waals surface area contributed by atoms with Crippen molar-refractivity contribution >= 4 is 24.4 Å². The monoisotopic (exact) mass is 302 g/mol. The van der Waals surface area contributed by atoms with E-state index in [-0.39, 0.29) is 0 Å². The summed E-state index contributed by atoms with van der Waals surface area (Å²) in [5.41, 5.74) is 2.59. The molecule has 114 valence electrons. The SMILES string of the molecule is CC.CNP(c1ccccc1)c1cc(C)ccc1N(C)C. The summed E-state index contributed by atoms with van der Waals surface area (Å²) < 4.78 is 0. The van der Waals surface area contributed by atoms with Gasteiger partial charge < -0.3 is 4.90 Å². The fourth-order valence-corrected chi connectivity index (χ4v) is 4.24. The molecule has 2 aromatic carbocycles. The van der Waals surface area contributed by atoms with E-state index < -0.39 is 8.07 Å². The highest BCUT2D eigenvalue weighted by Crippen LogP contribution is 2.32. The van der Waals surface area contributed by atoms with Crippen molar-refractivity contribution in [3.63, 3.8) is 0 Å². The van der Waals surface area contributed by atoms with Crippen molar-refractivity contribution in [3.8, 4) is 0 Å². The normalized spacial score (nSPS) is 11.3. The summed E-state index contributed by atoms with van der Waals surface area (Å²) in [5, 5.41) is 6.23. The van der Waals surface area contributed by atoms with Crippen molar-refractivity contribution in [1.29, 1.82) is 0 Å². The fraction of sp³-hybridized carbons (Fsp3) is 0.333. The van der Waals surface area contributed by atoms with Gasteiger partial charge in [0.05, 0.1) is 0 Å². The van der Waals surface area contributed by atoms with Crippen LogP contribution in [0.2, 0.25) is 0 Å². The largest absolute Gasteiger partial charge is 0.377 e. The molecule has 3 heteroatoms. The molecule has 2 nitrogen and oxygen atoms in total. The molecule has 2 rings (SSSR count). The van der Waals surface area contributed by atoms with Crippen molar-refractivity contribution in [2.24, 2.45) is 0 Å². The van der Waals surface area contributed by atoms with Gasteiger partial charge in [-0.05, 0) is 31.4 Å². The van der Waals surface area contributed by atoms with E-state index >= 15 is 0 Å². The van der Waals surface area contributed by atoms with Gasteiger partial charge in [0.1, 0.15) is 0 Å². The van der Waals surface area contributed by atoms with Crippen LogP contribution in [0.25, 0.3) is 0 Å². The predicted molar refractivity (Wildman–Crippen MR) is 98.5 cm³/mol. The highest BCUT2D eigenvalue weighted by atomic mass is 31.1. The molecule has 0 heterocycles. The van der Waals surface area contributed by atoms with Gasteiger partial charge in [-0.15, -0.1) is 0 Å². The number of benzene rings is 2. The third-order valence-corrected chi connectivity index (χ3v) is 5.19. The van der Waals surface area contributed by atoms with Gasteiger partial charge in [0.2, 0.25) is 0 Å². The second-order valence-electron chi connectivity index (χ2n) is 4.78. The van der Waals surface area contributed by atoms with Crippen molar-refractivity contribution < 1.29 is 0 Å². The third-order valence-electron chi connectivity index (χ3n) is 3.09. The Bertz CT molecular complexity index is 538. The van der Waals surface area contributed by atoms with Gasteiger partial charge in [0.25, 0.3) is 0 Å². The van der Waals surface area contributed by atoms with E-state index in [0.717, 1.165) is 0 Å². The number of nitrogens with one attached hydrogen (secondary N) is 1. The first kappa shape index (κ1) is 17.7. The summed E-state index contributed by atoms with van der Waals surface area (Å²) in [6.45, 7) is 6.15. The standard InChI is InChI=1S/C16H21N2P.C2H6/c1-13-10-11-15(18(3)4)16(12-13)19(17-2)14-8-6-5-7-9-14;1-2/h5-12,17H,1-4H3;1-2H3. The lowest BCUT2D eigenvalue weighted by Gasteiger charge is -2.24. The fourth-order valence-electron chi connectivity index (χ4n) is 2.16. The lowest BCUT2D eigenvalue weighted by molar-refractivity contribution is 1.14. The number of hydrogen-bond acceptors (Lipinski definition) is 2. The zero-order chi connectivity index (χ0) is 15.8. The highest BCUT2D eigenvalue weighted by Gasteiger charge is 2.16. The van der Waals surface area contributed by atoms with E-state index in [0.29, 0.717) is 0 Å². The second kappa shape index (κ2) is 8.81. The third kappa shape index (κ3) is 4.56. The van der Waals surface area contributed by atoms with Crippen LogP contribution in [-0.4, -0.2) is 21.1 Å². The summed E-state index contributed by atoms with van der Waals surface area (Å²) in [5.74, 6) is 0. The van der Waals surface area contributed by atoms with E-state index in [9.17, 15) is 0 Å². The molecule has 0 saturated heterocycles. The lowest BCUT2D eigenvalue weighted by Crippen LogP contribution is -2.26. The maximum absolute atomic E-state index is 3.50. The average Bonchev–Trinajstić information content (AvgIpc) is 2.51. The minimum Gasteiger partial charge on any atom is -0.377 e. The van der Waals surface area contributed by atoms with Crippen LogP contribution < -0.4 is 20.6 Å². The minimum absolute atomic E-state index is 0.510. The van der Waals surface area contributed by atoms with Gasteiger partial charge >= 0.3 is 0 Å². The first-order valence-corrected chi connectivity index (χ1v) is 8.78. The molecule has 0 saturated carbocycles. The maximum Gasteiger partial charge on any atom is 0.0455 e. The summed E-state index contributed by atoms with van der Waals surface area (Å²) in [7, 11) is 5.73. The smallest absolute Gasteiger partial charge is 0.0455 e. The zero-order valence-electron chi connectivity index (χ0n) is 14.0. The van der Waals surface area contributed by atoms with Crippen molar-refractivity contribution in [2.75, 3.05) is 26.0 Å². The molecule has 0 bridgehead atoms. The van der Waals surface area contributed by atoms with Crippen LogP contribution in [0.3, 0.4) is 0 Å². The van der Waals surface area contributed by atoms with Crippen molar-refractivity contribution in [1.82, 2.24) is 5.09 Å². The number of hydrogen-bond donors (Lipinski definition) is 1. The Morgan fingerprint density at radius 3 is 2.10 bits per heavy atom. The number of rotatable bonds is 4. The molecule has 0 amide bonds. The van der Waals surface area contributed by atoms with Gasteiger partial charge in [0.15, 0.2) is 0 Å². The zero-order valence-corrected chi connectivity index (χ0v) is 14.9. The van der Waals surface area contributed by atoms with E-state index in [1.807, 2.05) is 20.9 Å². The average molecular weight is 302 g/mol. The topological polar surface area (TPSA) is 15.3 Å². The van der Waals surface area contributed by atoms with Crippen molar-refractivity contribution in [2.45, 2.75) is 20.8 Å². The predicted octanol–water partition coefficient (Wildman–Crippen LogP) is 3.65. The van der Waals surface area contributed by atoms with Crippen LogP contribution >= 0.6 is 8.07 Å². The maximum atomic E-state index is 3.50. The quantitative estimate of drug-likeness (QED) is 0.867. The van der Waals surface area contributed by atoms with E-state index in [4.69, 9.17) is 0 Å². The van der Waals surface area contributed by atoms with Gasteiger partial charge in [-0.25, -0.2) is 0 Å². The van der Waals surface area contributed by atoms with Crippen LogP contribution in [0.15, 0.2) is 48.5 Å². The Morgan fingerprint density at radius 2 is 1.57 bits per heavy atom. The van der Waals surface area contributed by atoms with Crippen LogP contribution in [0.1, 0.15) is 19.4 Å². The number of aryl methyl sites for hydroxylation is 1. The van der Waals surface area contributed by atoms with Gasteiger partial charge in [-0.1, -0.05) is 55.8 Å². The molecule has 0 fully saturated rings. The number of nitrogens with zero attached hydrogens (tertiary/aromatic N) is 1. The summed E-state index contributed by atoms with van der Waals surface area (Å²) in [6, 6.07) is 17.3. The molecule has 0 aliphatic rings. The Morgan fingerprint density at radius 1 is 0.952 bits per heavy atom. The van der Waals surface area contributed by atoms with Crippen LogP contribution in [-0.2, 0) is 0 Å². The molecule has 0 radical (unpaired) electrons. The Balaban J connectivity index is 0.00000106. The number of anilines is 1. The first-order valence-electron chi connectivity index (χ1n) is 7.44. The molecular weight excluding hydrogens is 275 g/mol.